The molecule has 1 atom stereocenters. The van der Waals surface area contributed by atoms with E-state index in [9.17, 15) is 4.79 Å². The highest BCUT2D eigenvalue weighted by Gasteiger charge is 2.42. The van der Waals surface area contributed by atoms with Crippen molar-refractivity contribution in [3.05, 3.63) is 0 Å². The van der Waals surface area contributed by atoms with Gasteiger partial charge in [-0.1, -0.05) is 0 Å². The molecule has 0 radical (unpaired) electrons. The van der Waals surface area contributed by atoms with Crippen LogP contribution in [0.2, 0.25) is 0 Å². The van der Waals surface area contributed by atoms with E-state index >= 15 is 0 Å². The van der Waals surface area contributed by atoms with Crippen LogP contribution in [0.4, 0.5) is 0 Å². The molecule has 1 spiro atoms. The normalized spacial score (nSPS) is 25.8. The molecule has 104 valence electrons. The summed E-state index contributed by atoms with van der Waals surface area (Å²) < 4.78 is 5.89. The summed E-state index contributed by atoms with van der Waals surface area (Å²) in [5, 5.41) is 3.42. The minimum absolute atomic E-state index is 0.161. The van der Waals surface area contributed by atoms with E-state index in [1.54, 1.807) is 0 Å². The fraction of sp³-hybridized carbons (Fsp3) is 0.929. The topological polar surface area (TPSA) is 41.6 Å². The van der Waals surface area contributed by atoms with Gasteiger partial charge in [0.15, 0.2) is 0 Å². The molecule has 1 aliphatic carbocycles. The second-order valence-electron chi connectivity index (χ2n) is 5.52. The van der Waals surface area contributed by atoms with E-state index < -0.39 is 0 Å². The first-order chi connectivity index (χ1) is 8.69. The lowest BCUT2D eigenvalue weighted by Gasteiger charge is -2.47. The molecule has 1 saturated heterocycles. The zero-order valence-corrected chi connectivity index (χ0v) is 11.7. The Morgan fingerprint density at radius 2 is 2.11 bits per heavy atom. The van der Waals surface area contributed by atoms with Crippen LogP contribution in [0.5, 0.6) is 0 Å². The van der Waals surface area contributed by atoms with Crippen molar-refractivity contribution in [3.63, 3.8) is 0 Å². The van der Waals surface area contributed by atoms with Gasteiger partial charge in [0.1, 0.15) is 0 Å². The second-order valence-corrected chi connectivity index (χ2v) is 5.52. The largest absolute Gasteiger partial charge is 0.375 e. The zero-order chi connectivity index (χ0) is 13.0. The Balaban J connectivity index is 1.74. The molecular formula is C14H26N2O2. The maximum Gasteiger partial charge on any atom is 0.236 e. The first-order valence-corrected chi connectivity index (χ1v) is 7.34. The van der Waals surface area contributed by atoms with Crippen LogP contribution in [-0.2, 0) is 9.53 Å². The van der Waals surface area contributed by atoms with E-state index in [0.29, 0.717) is 12.6 Å². The van der Waals surface area contributed by atoms with Crippen molar-refractivity contribution in [2.75, 3.05) is 26.2 Å². The maximum absolute atomic E-state index is 11.9. The van der Waals surface area contributed by atoms with Crippen molar-refractivity contribution >= 4 is 5.91 Å². The van der Waals surface area contributed by atoms with Gasteiger partial charge < -0.3 is 15.0 Å². The lowest BCUT2D eigenvalue weighted by Crippen LogP contribution is -2.52. The molecule has 0 bridgehead atoms. The lowest BCUT2D eigenvalue weighted by molar-refractivity contribution is -0.139. The molecule has 1 aliphatic heterocycles. The molecule has 2 aliphatic rings. The molecule has 1 amide bonds. The van der Waals surface area contributed by atoms with Crippen LogP contribution in [0, 0.1) is 0 Å². The van der Waals surface area contributed by atoms with Crippen molar-refractivity contribution in [2.24, 2.45) is 0 Å². The summed E-state index contributed by atoms with van der Waals surface area (Å²) in [6.45, 7) is 6.97. The standard InChI is InChI=1S/C14H26N2O2/c1-3-16(4-2)13(17)11-15-12-6-9-18-14(10-12)7-5-8-14/h12,15H,3-11H2,1-2H3. The minimum Gasteiger partial charge on any atom is -0.375 e. The van der Waals surface area contributed by atoms with Crippen LogP contribution >= 0.6 is 0 Å². The third kappa shape index (κ3) is 3.04. The van der Waals surface area contributed by atoms with E-state index in [1.807, 2.05) is 18.7 Å². The van der Waals surface area contributed by atoms with Gasteiger partial charge >= 0.3 is 0 Å². The van der Waals surface area contributed by atoms with Gasteiger partial charge in [-0.2, -0.15) is 0 Å². The lowest BCUT2D eigenvalue weighted by atomic mass is 9.74. The van der Waals surface area contributed by atoms with Gasteiger partial charge in [-0.05, 0) is 46.0 Å². The molecular weight excluding hydrogens is 228 g/mol. The smallest absolute Gasteiger partial charge is 0.236 e. The Kier molecular flexibility index (Phi) is 4.62. The molecule has 4 nitrogen and oxygen atoms in total. The molecule has 0 aromatic carbocycles. The van der Waals surface area contributed by atoms with Crippen LogP contribution < -0.4 is 5.32 Å². The molecule has 18 heavy (non-hydrogen) atoms. The monoisotopic (exact) mass is 254 g/mol. The zero-order valence-electron chi connectivity index (χ0n) is 11.7. The molecule has 0 aromatic heterocycles. The molecule has 0 aromatic rings. The molecule has 4 heteroatoms. The number of likely N-dealkylation sites (N-methyl/N-ethyl adjacent to an activating group) is 1. The number of hydrogen-bond acceptors (Lipinski definition) is 3. The summed E-state index contributed by atoms with van der Waals surface area (Å²) in [4.78, 5) is 13.8. The fourth-order valence-corrected chi connectivity index (χ4v) is 3.04. The number of hydrogen-bond donors (Lipinski definition) is 1. The Morgan fingerprint density at radius 3 is 2.67 bits per heavy atom. The van der Waals surface area contributed by atoms with Crippen molar-refractivity contribution in [2.45, 2.75) is 57.6 Å². The van der Waals surface area contributed by atoms with Crippen LogP contribution in [-0.4, -0.2) is 48.7 Å². The van der Waals surface area contributed by atoms with E-state index in [4.69, 9.17) is 4.74 Å². The SMILES string of the molecule is CCN(CC)C(=O)CNC1CCOC2(CCC2)C1. The van der Waals surface area contributed by atoms with Crippen LogP contribution in [0.3, 0.4) is 0 Å². The second kappa shape index (κ2) is 6.02. The minimum atomic E-state index is 0.161. The Morgan fingerprint density at radius 1 is 1.39 bits per heavy atom. The van der Waals surface area contributed by atoms with Gasteiger partial charge in [0.05, 0.1) is 12.1 Å². The number of carbonyl (C=O) groups is 1. The quantitative estimate of drug-likeness (QED) is 0.809. The Labute approximate surface area is 110 Å². The molecule has 1 N–H and O–H groups in total. The number of carbonyl (C=O) groups excluding carboxylic acids is 1. The van der Waals surface area contributed by atoms with Gasteiger partial charge in [0.2, 0.25) is 5.91 Å². The number of ether oxygens (including phenoxy) is 1. The first-order valence-electron chi connectivity index (χ1n) is 7.34. The summed E-state index contributed by atoms with van der Waals surface area (Å²) in [7, 11) is 0. The fourth-order valence-electron chi connectivity index (χ4n) is 3.04. The van der Waals surface area contributed by atoms with Crippen molar-refractivity contribution < 1.29 is 9.53 Å². The third-order valence-electron chi connectivity index (χ3n) is 4.42. The molecule has 1 heterocycles. The van der Waals surface area contributed by atoms with Crippen LogP contribution in [0.1, 0.15) is 46.0 Å². The molecule has 2 fully saturated rings. The average Bonchev–Trinajstić information content (AvgIpc) is 2.36. The summed E-state index contributed by atoms with van der Waals surface area (Å²) in [6.07, 6.45) is 5.82. The van der Waals surface area contributed by atoms with E-state index in [-0.39, 0.29) is 11.5 Å². The van der Waals surface area contributed by atoms with Gasteiger partial charge in [-0.15, -0.1) is 0 Å². The van der Waals surface area contributed by atoms with E-state index in [1.165, 1.54) is 19.3 Å². The van der Waals surface area contributed by atoms with Crippen molar-refractivity contribution in [1.82, 2.24) is 10.2 Å². The molecule has 1 saturated carbocycles. The predicted molar refractivity (Wildman–Crippen MR) is 71.5 cm³/mol. The van der Waals surface area contributed by atoms with E-state index in [2.05, 4.69) is 5.32 Å². The predicted octanol–water partition coefficient (Wildman–Crippen LogP) is 1.55. The molecule has 1 unspecified atom stereocenters. The summed E-state index contributed by atoms with van der Waals surface area (Å²) in [5.74, 6) is 0.217. The van der Waals surface area contributed by atoms with E-state index in [0.717, 1.165) is 32.5 Å². The average molecular weight is 254 g/mol. The summed E-state index contributed by atoms with van der Waals surface area (Å²) >= 11 is 0. The van der Waals surface area contributed by atoms with Crippen molar-refractivity contribution in [1.29, 1.82) is 0 Å². The van der Waals surface area contributed by atoms with Crippen molar-refractivity contribution in [3.8, 4) is 0 Å². The summed E-state index contributed by atoms with van der Waals surface area (Å²) in [5.41, 5.74) is 0.161. The molecule has 2 rings (SSSR count). The van der Waals surface area contributed by atoms with Gasteiger partial charge in [-0.3, -0.25) is 4.79 Å². The maximum atomic E-state index is 11.9. The van der Waals surface area contributed by atoms with Gasteiger partial charge in [0.25, 0.3) is 0 Å². The number of nitrogens with zero attached hydrogens (tertiary/aromatic N) is 1. The number of rotatable bonds is 5. The highest BCUT2D eigenvalue weighted by atomic mass is 16.5. The van der Waals surface area contributed by atoms with Crippen LogP contribution in [0.15, 0.2) is 0 Å². The Hall–Kier alpha value is -0.610. The first kappa shape index (κ1) is 13.8. The third-order valence-corrected chi connectivity index (χ3v) is 4.42. The highest BCUT2D eigenvalue weighted by Crippen LogP contribution is 2.42. The van der Waals surface area contributed by atoms with Gasteiger partial charge in [0, 0.05) is 25.7 Å². The Bertz CT molecular complexity index is 286. The number of amides is 1. The summed E-state index contributed by atoms with van der Waals surface area (Å²) in [6, 6.07) is 0.457. The van der Waals surface area contributed by atoms with Crippen LogP contribution in [0.25, 0.3) is 0 Å². The van der Waals surface area contributed by atoms with Gasteiger partial charge in [-0.25, -0.2) is 0 Å². The number of nitrogens with one attached hydrogen (secondary N) is 1. The highest BCUT2D eigenvalue weighted by molar-refractivity contribution is 5.78.